The van der Waals surface area contributed by atoms with E-state index in [1.807, 2.05) is 0 Å². The number of carboxylic acids is 1. The zero-order valence-electron chi connectivity index (χ0n) is 9.38. The predicted molar refractivity (Wildman–Crippen MR) is 67.8 cm³/mol. The van der Waals surface area contributed by atoms with Gasteiger partial charge in [0.2, 0.25) is 0 Å². The van der Waals surface area contributed by atoms with Crippen molar-refractivity contribution in [2.24, 2.45) is 0 Å². The van der Waals surface area contributed by atoms with Crippen molar-refractivity contribution in [1.29, 1.82) is 0 Å². The minimum absolute atomic E-state index is 0.0109. The van der Waals surface area contributed by atoms with Gasteiger partial charge in [-0.15, -0.1) is 0 Å². The summed E-state index contributed by atoms with van der Waals surface area (Å²) >= 11 is 3.24. The average Bonchev–Trinajstić information content (AvgIpc) is 2.34. The first kappa shape index (κ1) is 14.6. The van der Waals surface area contributed by atoms with Crippen molar-refractivity contribution >= 4 is 27.6 Å². The van der Waals surface area contributed by atoms with E-state index in [4.69, 9.17) is 5.11 Å². The van der Waals surface area contributed by atoms with Crippen LogP contribution in [0.3, 0.4) is 0 Å². The smallest absolute Gasteiger partial charge is 0.337 e. The second-order valence-corrected chi connectivity index (χ2v) is 4.47. The Labute approximate surface area is 112 Å². The standard InChI is InChI=1S/C11H12BrNO5/c12-5-1-2-7-3-4-8(10(14)11(15)16)6-9(7)13(17)18/h3-4,6,10,14H,1-2,5H2,(H,15,16). The van der Waals surface area contributed by atoms with Gasteiger partial charge in [0.05, 0.1) is 4.92 Å². The number of halogens is 1. The van der Waals surface area contributed by atoms with E-state index in [2.05, 4.69) is 15.9 Å². The summed E-state index contributed by atoms with van der Waals surface area (Å²) in [5.74, 6) is -1.43. The molecule has 0 saturated heterocycles. The number of hydrogen-bond donors (Lipinski definition) is 2. The monoisotopic (exact) mass is 317 g/mol. The minimum atomic E-state index is -1.74. The lowest BCUT2D eigenvalue weighted by Crippen LogP contribution is -2.11. The van der Waals surface area contributed by atoms with Gasteiger partial charge >= 0.3 is 5.97 Å². The van der Waals surface area contributed by atoms with E-state index in [0.29, 0.717) is 12.0 Å². The van der Waals surface area contributed by atoms with Crippen molar-refractivity contribution in [2.75, 3.05) is 5.33 Å². The molecule has 0 aliphatic heterocycles. The molecule has 18 heavy (non-hydrogen) atoms. The lowest BCUT2D eigenvalue weighted by molar-refractivity contribution is -0.385. The average molecular weight is 318 g/mol. The molecule has 0 aliphatic rings. The van der Waals surface area contributed by atoms with Crippen molar-refractivity contribution in [3.63, 3.8) is 0 Å². The molecule has 98 valence electrons. The van der Waals surface area contributed by atoms with Gasteiger partial charge in [-0.1, -0.05) is 28.1 Å². The Morgan fingerprint density at radius 3 is 2.67 bits per heavy atom. The van der Waals surface area contributed by atoms with E-state index in [-0.39, 0.29) is 11.3 Å². The molecule has 1 unspecified atom stereocenters. The summed E-state index contributed by atoms with van der Waals surface area (Å²) in [5, 5.41) is 29.6. The Morgan fingerprint density at radius 2 is 2.17 bits per heavy atom. The van der Waals surface area contributed by atoms with Crippen molar-refractivity contribution in [1.82, 2.24) is 0 Å². The second-order valence-electron chi connectivity index (χ2n) is 3.68. The maximum absolute atomic E-state index is 10.9. The summed E-state index contributed by atoms with van der Waals surface area (Å²) in [5.41, 5.74) is 0.381. The van der Waals surface area contributed by atoms with Gasteiger partial charge in [0.1, 0.15) is 0 Å². The molecule has 0 fully saturated rings. The van der Waals surface area contributed by atoms with Crippen molar-refractivity contribution in [3.05, 3.63) is 39.4 Å². The quantitative estimate of drug-likeness (QED) is 0.475. The first-order valence-corrected chi connectivity index (χ1v) is 6.33. The fourth-order valence-corrected chi connectivity index (χ4v) is 1.81. The van der Waals surface area contributed by atoms with Crippen LogP contribution in [0.15, 0.2) is 18.2 Å². The van der Waals surface area contributed by atoms with E-state index < -0.39 is 17.0 Å². The van der Waals surface area contributed by atoms with Crippen molar-refractivity contribution in [3.8, 4) is 0 Å². The maximum Gasteiger partial charge on any atom is 0.337 e. The molecule has 0 bridgehead atoms. The first-order chi connectivity index (χ1) is 8.47. The number of hydrogen-bond acceptors (Lipinski definition) is 4. The molecule has 1 aromatic rings. The molecule has 0 saturated carbocycles. The number of aliphatic hydroxyl groups excluding tert-OH is 1. The number of nitro groups is 1. The predicted octanol–water partition coefficient (Wildman–Crippen LogP) is 2.04. The molecule has 1 atom stereocenters. The summed E-state index contributed by atoms with van der Waals surface area (Å²) in [6.07, 6.45) is -0.485. The third kappa shape index (κ3) is 3.51. The molecule has 0 amide bonds. The van der Waals surface area contributed by atoms with Crippen LogP contribution in [0.25, 0.3) is 0 Å². The molecular weight excluding hydrogens is 306 g/mol. The highest BCUT2D eigenvalue weighted by atomic mass is 79.9. The summed E-state index contributed by atoms with van der Waals surface area (Å²) < 4.78 is 0. The maximum atomic E-state index is 10.9. The number of alkyl halides is 1. The van der Waals surface area contributed by atoms with Crippen molar-refractivity contribution < 1.29 is 19.9 Å². The summed E-state index contributed by atoms with van der Waals surface area (Å²) in [6, 6.07) is 4.00. The third-order valence-corrected chi connectivity index (χ3v) is 3.00. The summed E-state index contributed by atoms with van der Waals surface area (Å²) in [4.78, 5) is 20.9. The van der Waals surface area contributed by atoms with Gasteiger partial charge in [0, 0.05) is 17.0 Å². The number of aryl methyl sites for hydroxylation is 1. The van der Waals surface area contributed by atoms with Gasteiger partial charge in [-0.3, -0.25) is 10.1 Å². The Balaban J connectivity index is 3.10. The van der Waals surface area contributed by atoms with E-state index in [0.717, 1.165) is 17.8 Å². The minimum Gasteiger partial charge on any atom is -0.479 e. The van der Waals surface area contributed by atoms with Gasteiger partial charge in [-0.05, 0) is 18.4 Å². The highest BCUT2D eigenvalue weighted by molar-refractivity contribution is 9.09. The van der Waals surface area contributed by atoms with Crippen molar-refractivity contribution in [2.45, 2.75) is 18.9 Å². The fraction of sp³-hybridized carbons (Fsp3) is 0.364. The van der Waals surface area contributed by atoms with Crippen LogP contribution in [-0.4, -0.2) is 26.4 Å². The molecule has 0 heterocycles. The highest BCUT2D eigenvalue weighted by Gasteiger charge is 2.21. The van der Waals surface area contributed by atoms with E-state index >= 15 is 0 Å². The Kier molecular flexibility index (Phi) is 5.24. The van der Waals surface area contributed by atoms with Gasteiger partial charge in [-0.2, -0.15) is 0 Å². The number of carboxylic acid groups (broad SMARTS) is 1. The molecular formula is C11H12BrNO5. The summed E-state index contributed by atoms with van der Waals surface area (Å²) in [6.45, 7) is 0. The van der Waals surface area contributed by atoms with Crippen LogP contribution in [0.2, 0.25) is 0 Å². The lowest BCUT2D eigenvalue weighted by atomic mass is 10.0. The fourth-order valence-electron chi connectivity index (χ4n) is 1.53. The van der Waals surface area contributed by atoms with E-state index in [9.17, 15) is 20.0 Å². The van der Waals surface area contributed by atoms with Gasteiger partial charge in [-0.25, -0.2) is 4.79 Å². The van der Waals surface area contributed by atoms with Crippen LogP contribution in [0.5, 0.6) is 0 Å². The zero-order chi connectivity index (χ0) is 13.7. The number of aliphatic hydroxyl groups is 1. The second kappa shape index (κ2) is 6.46. The Morgan fingerprint density at radius 1 is 1.50 bits per heavy atom. The van der Waals surface area contributed by atoms with Crippen LogP contribution in [0.1, 0.15) is 23.7 Å². The number of rotatable bonds is 6. The topological polar surface area (TPSA) is 101 Å². The molecule has 0 aliphatic carbocycles. The molecule has 0 aromatic heterocycles. The first-order valence-electron chi connectivity index (χ1n) is 5.21. The number of carbonyl (C=O) groups is 1. The Hall–Kier alpha value is -1.47. The van der Waals surface area contributed by atoms with Crippen LogP contribution < -0.4 is 0 Å². The summed E-state index contributed by atoms with van der Waals surface area (Å²) in [7, 11) is 0. The highest BCUT2D eigenvalue weighted by Crippen LogP contribution is 2.25. The lowest BCUT2D eigenvalue weighted by Gasteiger charge is -2.08. The van der Waals surface area contributed by atoms with Crippen LogP contribution in [0.4, 0.5) is 5.69 Å². The van der Waals surface area contributed by atoms with Gasteiger partial charge in [0.25, 0.3) is 5.69 Å². The molecule has 1 rings (SSSR count). The molecule has 0 radical (unpaired) electrons. The van der Waals surface area contributed by atoms with Gasteiger partial charge in [0.15, 0.2) is 6.10 Å². The number of benzene rings is 1. The number of aliphatic carboxylic acids is 1. The number of nitrogens with zero attached hydrogens (tertiary/aromatic N) is 1. The van der Waals surface area contributed by atoms with Gasteiger partial charge < -0.3 is 10.2 Å². The normalized spacial score (nSPS) is 12.1. The van der Waals surface area contributed by atoms with E-state index in [1.165, 1.54) is 12.1 Å². The molecule has 0 spiro atoms. The van der Waals surface area contributed by atoms with Crippen LogP contribution >= 0.6 is 15.9 Å². The molecule has 2 N–H and O–H groups in total. The van der Waals surface area contributed by atoms with Crippen LogP contribution in [0, 0.1) is 10.1 Å². The largest absolute Gasteiger partial charge is 0.479 e. The number of nitro benzene ring substituents is 1. The molecule has 7 heteroatoms. The molecule has 6 nitrogen and oxygen atoms in total. The Bertz CT molecular complexity index is 463. The SMILES string of the molecule is O=C(O)C(O)c1ccc(CCCBr)c([N+](=O)[O-])c1. The molecule has 1 aromatic carbocycles. The van der Waals surface area contributed by atoms with E-state index in [1.54, 1.807) is 0 Å². The third-order valence-electron chi connectivity index (χ3n) is 2.44. The zero-order valence-corrected chi connectivity index (χ0v) is 11.0. The van der Waals surface area contributed by atoms with Crippen LogP contribution in [-0.2, 0) is 11.2 Å².